The van der Waals surface area contributed by atoms with Crippen LogP contribution in [0.4, 0.5) is 0 Å². The van der Waals surface area contributed by atoms with Crippen LogP contribution in [0.25, 0.3) is 0 Å². The molecular formula is C20H28N2O4S. The Morgan fingerprint density at radius 1 is 1.19 bits per heavy atom. The second kappa shape index (κ2) is 8.00. The average Bonchev–Trinajstić information content (AvgIpc) is 3.02. The molecule has 27 heavy (non-hydrogen) atoms. The number of carbonyl (C=O) groups excluding carboxylic acids is 2. The van der Waals surface area contributed by atoms with Gasteiger partial charge in [-0.1, -0.05) is 17.7 Å². The zero-order chi connectivity index (χ0) is 19.6. The zero-order valence-corrected chi connectivity index (χ0v) is 16.9. The van der Waals surface area contributed by atoms with Crippen molar-refractivity contribution in [2.45, 2.75) is 39.2 Å². The minimum atomic E-state index is -3.04. The SMILES string of the molecule is CCN(C(=O)C1CCCN(C(=O)c2ccc(C)cc2)C1)C1CCS(=O)(=O)C1. The van der Waals surface area contributed by atoms with Crippen LogP contribution in [-0.4, -0.2) is 67.2 Å². The minimum Gasteiger partial charge on any atom is -0.339 e. The summed E-state index contributed by atoms with van der Waals surface area (Å²) in [6, 6.07) is 7.25. The van der Waals surface area contributed by atoms with Crippen LogP contribution in [-0.2, 0) is 14.6 Å². The van der Waals surface area contributed by atoms with Crippen LogP contribution in [0.3, 0.4) is 0 Å². The van der Waals surface area contributed by atoms with E-state index >= 15 is 0 Å². The van der Waals surface area contributed by atoms with Gasteiger partial charge in [0.25, 0.3) is 5.91 Å². The van der Waals surface area contributed by atoms with Gasteiger partial charge in [0, 0.05) is 31.2 Å². The van der Waals surface area contributed by atoms with Crippen molar-refractivity contribution < 1.29 is 18.0 Å². The second-order valence-corrected chi connectivity index (χ2v) is 9.87. The Hall–Kier alpha value is -1.89. The number of likely N-dealkylation sites (tertiary alicyclic amines) is 1. The molecule has 2 fully saturated rings. The number of amides is 2. The van der Waals surface area contributed by atoms with Gasteiger partial charge in [-0.15, -0.1) is 0 Å². The molecule has 2 heterocycles. The van der Waals surface area contributed by atoms with Crippen LogP contribution in [0, 0.1) is 12.8 Å². The van der Waals surface area contributed by atoms with E-state index in [1.807, 2.05) is 38.1 Å². The van der Waals surface area contributed by atoms with Crippen molar-refractivity contribution in [2.24, 2.45) is 5.92 Å². The maximum atomic E-state index is 13.1. The summed E-state index contributed by atoms with van der Waals surface area (Å²) in [5, 5.41) is 0. The van der Waals surface area contributed by atoms with Crippen LogP contribution < -0.4 is 0 Å². The number of hydrogen-bond donors (Lipinski definition) is 0. The van der Waals surface area contributed by atoms with Crippen molar-refractivity contribution in [3.05, 3.63) is 35.4 Å². The number of rotatable bonds is 4. The largest absolute Gasteiger partial charge is 0.339 e. The van der Waals surface area contributed by atoms with E-state index in [4.69, 9.17) is 0 Å². The molecule has 2 aliphatic rings. The molecule has 2 atom stereocenters. The lowest BCUT2D eigenvalue weighted by atomic mass is 9.95. The monoisotopic (exact) mass is 392 g/mol. The number of aryl methyl sites for hydroxylation is 1. The third-order valence-electron chi connectivity index (χ3n) is 5.63. The number of nitrogens with zero attached hydrogens (tertiary/aromatic N) is 2. The Morgan fingerprint density at radius 3 is 2.48 bits per heavy atom. The topological polar surface area (TPSA) is 74.8 Å². The molecule has 1 aromatic carbocycles. The van der Waals surface area contributed by atoms with Gasteiger partial charge in [-0.25, -0.2) is 8.42 Å². The van der Waals surface area contributed by atoms with Gasteiger partial charge in [-0.2, -0.15) is 0 Å². The molecule has 6 nitrogen and oxygen atoms in total. The highest BCUT2D eigenvalue weighted by molar-refractivity contribution is 7.91. The molecule has 1 aromatic rings. The maximum absolute atomic E-state index is 13.1. The first-order valence-electron chi connectivity index (χ1n) is 9.67. The zero-order valence-electron chi connectivity index (χ0n) is 16.1. The molecule has 2 amide bonds. The van der Waals surface area contributed by atoms with Gasteiger partial charge in [0.2, 0.25) is 5.91 Å². The molecule has 148 valence electrons. The molecular weight excluding hydrogens is 364 g/mol. The molecule has 7 heteroatoms. The molecule has 0 saturated carbocycles. The van der Waals surface area contributed by atoms with Gasteiger partial charge in [-0.05, 0) is 45.2 Å². The highest BCUT2D eigenvalue weighted by Crippen LogP contribution is 2.25. The van der Waals surface area contributed by atoms with E-state index in [-0.39, 0.29) is 35.3 Å². The van der Waals surface area contributed by atoms with Crippen molar-refractivity contribution in [3.63, 3.8) is 0 Å². The first kappa shape index (κ1) is 19.9. The van der Waals surface area contributed by atoms with E-state index in [2.05, 4.69) is 0 Å². The van der Waals surface area contributed by atoms with Crippen LogP contribution in [0.2, 0.25) is 0 Å². The Morgan fingerprint density at radius 2 is 1.89 bits per heavy atom. The lowest BCUT2D eigenvalue weighted by molar-refractivity contribution is -0.138. The van der Waals surface area contributed by atoms with Gasteiger partial charge in [0.15, 0.2) is 9.84 Å². The van der Waals surface area contributed by atoms with Crippen LogP contribution >= 0.6 is 0 Å². The lowest BCUT2D eigenvalue weighted by Gasteiger charge is -2.36. The summed E-state index contributed by atoms with van der Waals surface area (Å²) < 4.78 is 23.6. The average molecular weight is 393 g/mol. The van der Waals surface area contributed by atoms with E-state index in [0.29, 0.717) is 31.6 Å². The van der Waals surface area contributed by atoms with E-state index in [9.17, 15) is 18.0 Å². The Kier molecular flexibility index (Phi) is 5.89. The maximum Gasteiger partial charge on any atom is 0.253 e. The van der Waals surface area contributed by atoms with Crippen molar-refractivity contribution in [1.29, 1.82) is 0 Å². The predicted molar refractivity (Wildman–Crippen MR) is 104 cm³/mol. The van der Waals surface area contributed by atoms with Crippen LogP contribution in [0.1, 0.15) is 42.1 Å². The van der Waals surface area contributed by atoms with Crippen molar-refractivity contribution in [1.82, 2.24) is 9.80 Å². The summed E-state index contributed by atoms with van der Waals surface area (Å²) in [7, 11) is -3.04. The third kappa shape index (κ3) is 4.51. The Balaban J connectivity index is 1.68. The van der Waals surface area contributed by atoms with Crippen LogP contribution in [0.15, 0.2) is 24.3 Å². The molecule has 0 spiro atoms. The van der Waals surface area contributed by atoms with Gasteiger partial charge in [0.05, 0.1) is 17.4 Å². The normalized spacial score (nSPS) is 24.6. The van der Waals surface area contributed by atoms with E-state index < -0.39 is 9.84 Å². The summed E-state index contributed by atoms with van der Waals surface area (Å²) in [6.07, 6.45) is 2.04. The quantitative estimate of drug-likeness (QED) is 0.784. The minimum absolute atomic E-state index is 0.0130. The number of benzene rings is 1. The van der Waals surface area contributed by atoms with Gasteiger partial charge < -0.3 is 9.80 Å². The highest BCUT2D eigenvalue weighted by atomic mass is 32.2. The van der Waals surface area contributed by atoms with Gasteiger partial charge >= 0.3 is 0 Å². The smallest absolute Gasteiger partial charge is 0.253 e. The van der Waals surface area contributed by atoms with E-state index in [1.165, 1.54) is 0 Å². The first-order chi connectivity index (χ1) is 12.8. The molecule has 0 N–H and O–H groups in total. The second-order valence-electron chi connectivity index (χ2n) is 7.64. The van der Waals surface area contributed by atoms with E-state index in [1.54, 1.807) is 9.80 Å². The molecule has 2 saturated heterocycles. The van der Waals surface area contributed by atoms with Gasteiger partial charge in [-0.3, -0.25) is 9.59 Å². The molecule has 0 aromatic heterocycles. The lowest BCUT2D eigenvalue weighted by Crippen LogP contribution is -2.49. The summed E-state index contributed by atoms with van der Waals surface area (Å²) in [5.41, 5.74) is 1.74. The fraction of sp³-hybridized carbons (Fsp3) is 0.600. The Bertz CT molecular complexity index is 804. The predicted octanol–water partition coefficient (Wildman–Crippen LogP) is 1.88. The number of sulfone groups is 1. The highest BCUT2D eigenvalue weighted by Gasteiger charge is 2.38. The molecule has 0 bridgehead atoms. The fourth-order valence-electron chi connectivity index (χ4n) is 4.09. The summed E-state index contributed by atoms with van der Waals surface area (Å²) in [4.78, 5) is 29.3. The first-order valence-corrected chi connectivity index (χ1v) is 11.5. The molecule has 0 radical (unpaired) electrons. The summed E-state index contributed by atoms with van der Waals surface area (Å²) in [6.45, 7) is 5.43. The summed E-state index contributed by atoms with van der Waals surface area (Å²) >= 11 is 0. The van der Waals surface area contributed by atoms with Crippen molar-refractivity contribution in [2.75, 3.05) is 31.1 Å². The van der Waals surface area contributed by atoms with Crippen molar-refractivity contribution in [3.8, 4) is 0 Å². The number of hydrogen-bond acceptors (Lipinski definition) is 4. The molecule has 0 aliphatic carbocycles. The van der Waals surface area contributed by atoms with Crippen molar-refractivity contribution >= 4 is 21.7 Å². The van der Waals surface area contributed by atoms with E-state index in [0.717, 1.165) is 18.4 Å². The van der Waals surface area contributed by atoms with Crippen LogP contribution in [0.5, 0.6) is 0 Å². The third-order valence-corrected chi connectivity index (χ3v) is 7.38. The van der Waals surface area contributed by atoms with Gasteiger partial charge in [0.1, 0.15) is 0 Å². The molecule has 3 rings (SSSR count). The summed E-state index contributed by atoms with van der Waals surface area (Å²) in [5.74, 6) is -0.0912. The molecule has 2 unspecified atom stereocenters. The fourth-order valence-corrected chi connectivity index (χ4v) is 5.82. The number of piperidine rings is 1. The number of carbonyl (C=O) groups is 2. The molecule has 2 aliphatic heterocycles. The Labute approximate surface area is 161 Å². The standard InChI is InChI=1S/C20H28N2O4S/c1-3-22(18-10-12-27(25,26)14-18)20(24)17-5-4-11-21(13-17)19(23)16-8-6-15(2)7-9-16/h6-9,17-18H,3-5,10-14H2,1-2H3.